The fourth-order valence-electron chi connectivity index (χ4n) is 1.62. The molecule has 0 spiro atoms. The summed E-state index contributed by atoms with van der Waals surface area (Å²) in [5.41, 5.74) is 6.79. The Bertz CT molecular complexity index is 475. The maximum absolute atomic E-state index is 5.82. The van der Waals surface area contributed by atoms with Gasteiger partial charge in [-0.25, -0.2) is 0 Å². The normalized spacial score (nSPS) is 12.6. The van der Waals surface area contributed by atoms with Crippen LogP contribution < -0.4 is 5.73 Å². The first-order valence-electron chi connectivity index (χ1n) is 5.75. The third kappa shape index (κ3) is 3.88. The molecular formula is C13H15BrN2OS. The molecule has 0 fully saturated rings. The Kier molecular flexibility index (Phi) is 5.31. The second-order valence-electron chi connectivity index (χ2n) is 3.83. The molecule has 0 bridgehead atoms. The third-order valence-electron chi connectivity index (χ3n) is 2.52. The Labute approximate surface area is 119 Å². The molecule has 18 heavy (non-hydrogen) atoms. The minimum absolute atomic E-state index is 0.0231. The number of thiophene rings is 1. The fraction of sp³-hybridized carbons (Fsp3) is 0.308. The van der Waals surface area contributed by atoms with Gasteiger partial charge >= 0.3 is 0 Å². The molecule has 2 rings (SSSR count). The number of aromatic nitrogens is 1. The van der Waals surface area contributed by atoms with E-state index in [0.717, 1.165) is 21.5 Å². The monoisotopic (exact) mass is 326 g/mol. The van der Waals surface area contributed by atoms with E-state index >= 15 is 0 Å². The number of nitrogens with zero attached hydrogens (tertiary/aromatic N) is 1. The summed E-state index contributed by atoms with van der Waals surface area (Å²) in [6, 6.07) is 7.96. The molecule has 1 unspecified atom stereocenters. The summed E-state index contributed by atoms with van der Waals surface area (Å²) in [6.45, 7) is 1.13. The SMILES string of the molecule is NCC(OCCc1ccccn1)c1cc(Br)cs1. The van der Waals surface area contributed by atoms with Gasteiger partial charge in [-0.1, -0.05) is 6.07 Å². The molecule has 96 valence electrons. The molecule has 0 aliphatic heterocycles. The van der Waals surface area contributed by atoms with Crippen LogP contribution in [0.25, 0.3) is 0 Å². The highest BCUT2D eigenvalue weighted by Crippen LogP contribution is 2.27. The van der Waals surface area contributed by atoms with Gasteiger partial charge in [0.25, 0.3) is 0 Å². The van der Waals surface area contributed by atoms with Crippen molar-refractivity contribution < 1.29 is 4.74 Å². The molecule has 0 aliphatic rings. The summed E-state index contributed by atoms with van der Waals surface area (Å²) in [6.07, 6.45) is 2.58. The number of hydrogen-bond acceptors (Lipinski definition) is 4. The molecule has 0 aromatic carbocycles. The molecule has 0 amide bonds. The lowest BCUT2D eigenvalue weighted by Gasteiger charge is -2.14. The van der Waals surface area contributed by atoms with Gasteiger partial charge in [-0.15, -0.1) is 11.3 Å². The lowest BCUT2D eigenvalue weighted by Crippen LogP contribution is -2.16. The highest BCUT2D eigenvalue weighted by atomic mass is 79.9. The zero-order valence-electron chi connectivity index (χ0n) is 9.88. The van der Waals surface area contributed by atoms with E-state index in [0.29, 0.717) is 13.2 Å². The van der Waals surface area contributed by atoms with E-state index in [1.165, 1.54) is 0 Å². The molecule has 2 heterocycles. The van der Waals surface area contributed by atoms with Crippen LogP contribution in [0, 0.1) is 0 Å². The highest BCUT2D eigenvalue weighted by Gasteiger charge is 2.12. The standard InChI is InChI=1S/C13H15BrN2OS/c14-10-7-13(18-9-10)12(8-15)17-6-4-11-3-1-2-5-16-11/h1-3,5,7,9,12H,4,6,8,15H2. The van der Waals surface area contributed by atoms with Crippen LogP contribution in [0.15, 0.2) is 40.3 Å². The Morgan fingerprint density at radius 3 is 2.94 bits per heavy atom. The zero-order chi connectivity index (χ0) is 12.8. The number of nitrogens with two attached hydrogens (primary N) is 1. The van der Waals surface area contributed by atoms with Crippen molar-refractivity contribution in [3.63, 3.8) is 0 Å². The summed E-state index contributed by atoms with van der Waals surface area (Å²) >= 11 is 5.10. The second kappa shape index (κ2) is 6.99. The lowest BCUT2D eigenvalue weighted by molar-refractivity contribution is 0.0629. The fourth-order valence-corrected chi connectivity index (χ4v) is 3.12. The molecule has 2 aromatic rings. The molecule has 0 saturated heterocycles. The predicted octanol–water partition coefficient (Wildman–Crippen LogP) is 3.16. The van der Waals surface area contributed by atoms with E-state index in [1.807, 2.05) is 23.6 Å². The van der Waals surface area contributed by atoms with Gasteiger partial charge in [0.2, 0.25) is 0 Å². The first-order valence-corrected chi connectivity index (χ1v) is 7.42. The molecule has 3 nitrogen and oxygen atoms in total. The summed E-state index contributed by atoms with van der Waals surface area (Å²) < 4.78 is 6.90. The van der Waals surface area contributed by atoms with E-state index < -0.39 is 0 Å². The quantitative estimate of drug-likeness (QED) is 0.886. The minimum atomic E-state index is -0.0231. The van der Waals surface area contributed by atoms with Crippen LogP contribution in [0.5, 0.6) is 0 Å². The van der Waals surface area contributed by atoms with E-state index in [1.54, 1.807) is 17.5 Å². The van der Waals surface area contributed by atoms with Crippen molar-refractivity contribution in [2.45, 2.75) is 12.5 Å². The summed E-state index contributed by atoms with van der Waals surface area (Å²) in [5, 5.41) is 2.04. The Hall–Kier alpha value is -0.750. The van der Waals surface area contributed by atoms with Crippen LogP contribution in [-0.4, -0.2) is 18.1 Å². The third-order valence-corrected chi connectivity index (χ3v) is 4.31. The Morgan fingerprint density at radius 2 is 2.33 bits per heavy atom. The average molecular weight is 327 g/mol. The number of rotatable bonds is 6. The molecular weight excluding hydrogens is 312 g/mol. The first kappa shape index (κ1) is 13.7. The van der Waals surface area contributed by atoms with E-state index in [-0.39, 0.29) is 6.10 Å². The van der Waals surface area contributed by atoms with Crippen molar-refractivity contribution in [2.24, 2.45) is 5.73 Å². The van der Waals surface area contributed by atoms with Crippen molar-refractivity contribution in [2.75, 3.05) is 13.2 Å². The molecule has 2 N–H and O–H groups in total. The van der Waals surface area contributed by atoms with Crippen LogP contribution in [-0.2, 0) is 11.2 Å². The molecule has 2 aromatic heterocycles. The zero-order valence-corrected chi connectivity index (χ0v) is 12.3. The van der Waals surface area contributed by atoms with Crippen LogP contribution in [0.3, 0.4) is 0 Å². The van der Waals surface area contributed by atoms with Crippen LogP contribution >= 0.6 is 27.3 Å². The summed E-state index contributed by atoms with van der Waals surface area (Å²) in [5.74, 6) is 0. The predicted molar refractivity (Wildman–Crippen MR) is 77.7 cm³/mol. The average Bonchev–Trinajstić information content (AvgIpc) is 2.82. The van der Waals surface area contributed by atoms with Gasteiger partial charge in [-0.05, 0) is 34.1 Å². The maximum atomic E-state index is 5.82. The van der Waals surface area contributed by atoms with Crippen molar-refractivity contribution >= 4 is 27.3 Å². The van der Waals surface area contributed by atoms with Gasteiger partial charge in [0, 0.05) is 39.6 Å². The number of hydrogen-bond donors (Lipinski definition) is 1. The lowest BCUT2D eigenvalue weighted by atomic mass is 10.2. The molecule has 0 saturated carbocycles. The maximum Gasteiger partial charge on any atom is 0.104 e. The van der Waals surface area contributed by atoms with Gasteiger partial charge < -0.3 is 10.5 Å². The van der Waals surface area contributed by atoms with E-state index in [2.05, 4.69) is 27.0 Å². The topological polar surface area (TPSA) is 48.1 Å². The number of halogens is 1. The summed E-state index contributed by atoms with van der Waals surface area (Å²) in [4.78, 5) is 5.42. The van der Waals surface area contributed by atoms with Gasteiger partial charge in [0.15, 0.2) is 0 Å². The van der Waals surface area contributed by atoms with Gasteiger partial charge in [0.1, 0.15) is 6.10 Å². The highest BCUT2D eigenvalue weighted by molar-refractivity contribution is 9.10. The van der Waals surface area contributed by atoms with Crippen molar-refractivity contribution in [1.82, 2.24) is 4.98 Å². The van der Waals surface area contributed by atoms with E-state index in [4.69, 9.17) is 10.5 Å². The largest absolute Gasteiger partial charge is 0.371 e. The Balaban J connectivity index is 1.85. The number of ether oxygens (including phenoxy) is 1. The van der Waals surface area contributed by atoms with Gasteiger partial charge in [-0.2, -0.15) is 0 Å². The molecule has 5 heteroatoms. The Morgan fingerprint density at radius 1 is 1.44 bits per heavy atom. The first-order chi connectivity index (χ1) is 8.79. The molecule has 0 aliphatic carbocycles. The van der Waals surface area contributed by atoms with Gasteiger partial charge in [0.05, 0.1) is 6.61 Å². The van der Waals surface area contributed by atoms with Crippen molar-refractivity contribution in [1.29, 1.82) is 0 Å². The van der Waals surface area contributed by atoms with Crippen molar-refractivity contribution in [3.05, 3.63) is 50.9 Å². The summed E-state index contributed by atoms with van der Waals surface area (Å²) in [7, 11) is 0. The molecule has 1 atom stereocenters. The van der Waals surface area contributed by atoms with Gasteiger partial charge in [-0.3, -0.25) is 4.98 Å². The number of pyridine rings is 1. The molecule has 0 radical (unpaired) electrons. The van der Waals surface area contributed by atoms with Crippen molar-refractivity contribution in [3.8, 4) is 0 Å². The smallest absolute Gasteiger partial charge is 0.104 e. The van der Waals surface area contributed by atoms with Crippen LogP contribution in [0.1, 0.15) is 16.7 Å². The van der Waals surface area contributed by atoms with Crippen LogP contribution in [0.4, 0.5) is 0 Å². The second-order valence-corrected chi connectivity index (χ2v) is 5.69. The van der Waals surface area contributed by atoms with E-state index in [9.17, 15) is 0 Å². The van der Waals surface area contributed by atoms with Crippen LogP contribution in [0.2, 0.25) is 0 Å². The minimum Gasteiger partial charge on any atom is -0.371 e.